The number of carbonyl (C=O) groups excluding carboxylic acids is 2. The first kappa shape index (κ1) is 19.8. The number of fused-ring (bicyclic) bond motifs is 1. The number of amides is 2. The molecule has 2 aromatic rings. The van der Waals surface area contributed by atoms with Crippen LogP contribution in [-0.2, 0) is 9.59 Å². The third kappa shape index (κ3) is 4.27. The fourth-order valence-corrected chi connectivity index (χ4v) is 5.10. The summed E-state index contributed by atoms with van der Waals surface area (Å²) in [4.78, 5) is 32.8. The fraction of sp³-hybridized carbons (Fsp3) is 0.391. The van der Waals surface area contributed by atoms with Crippen molar-refractivity contribution < 1.29 is 9.59 Å². The Morgan fingerprint density at radius 3 is 2.76 bits per heavy atom. The van der Waals surface area contributed by atoms with Crippen LogP contribution in [0.4, 0.5) is 11.4 Å². The lowest BCUT2D eigenvalue weighted by molar-refractivity contribution is -0.132. The van der Waals surface area contributed by atoms with Gasteiger partial charge >= 0.3 is 0 Å². The van der Waals surface area contributed by atoms with Gasteiger partial charge in [-0.25, -0.2) is 0 Å². The number of thioether (sulfide) groups is 1. The van der Waals surface area contributed by atoms with Gasteiger partial charge in [-0.1, -0.05) is 24.3 Å². The third-order valence-corrected chi connectivity index (χ3v) is 6.70. The van der Waals surface area contributed by atoms with E-state index in [9.17, 15) is 9.59 Å². The van der Waals surface area contributed by atoms with Gasteiger partial charge in [-0.15, -0.1) is 11.8 Å². The van der Waals surface area contributed by atoms with Gasteiger partial charge < -0.3 is 14.7 Å². The molecule has 0 radical (unpaired) electrons. The van der Waals surface area contributed by atoms with E-state index in [1.165, 1.54) is 11.3 Å². The van der Waals surface area contributed by atoms with Crippen LogP contribution in [0.2, 0.25) is 0 Å². The fourth-order valence-electron chi connectivity index (χ4n) is 4.10. The molecule has 1 saturated heterocycles. The highest BCUT2D eigenvalue weighted by Gasteiger charge is 2.30. The van der Waals surface area contributed by atoms with E-state index in [0.29, 0.717) is 19.5 Å². The van der Waals surface area contributed by atoms with Gasteiger partial charge in [0, 0.05) is 48.4 Å². The van der Waals surface area contributed by atoms with Gasteiger partial charge in [-0.3, -0.25) is 9.59 Å². The molecule has 1 atom stereocenters. The second-order valence-corrected chi connectivity index (χ2v) is 8.90. The molecule has 2 aliphatic rings. The summed E-state index contributed by atoms with van der Waals surface area (Å²) in [6, 6.07) is 16.6. The number of piperazine rings is 1. The predicted molar refractivity (Wildman–Crippen MR) is 119 cm³/mol. The highest BCUT2D eigenvalue weighted by Crippen LogP contribution is 2.34. The summed E-state index contributed by atoms with van der Waals surface area (Å²) in [6.07, 6.45) is 0.462. The summed E-state index contributed by atoms with van der Waals surface area (Å²) in [6.45, 7) is 6.53. The molecule has 0 unspecified atom stereocenters. The Morgan fingerprint density at radius 1 is 1.14 bits per heavy atom. The van der Waals surface area contributed by atoms with Crippen molar-refractivity contribution in [2.75, 3.05) is 41.7 Å². The van der Waals surface area contributed by atoms with Crippen molar-refractivity contribution in [3.63, 3.8) is 0 Å². The van der Waals surface area contributed by atoms with Crippen LogP contribution in [0, 0.1) is 6.92 Å². The van der Waals surface area contributed by atoms with Crippen LogP contribution < -0.4 is 9.80 Å². The Kier molecular flexibility index (Phi) is 5.81. The van der Waals surface area contributed by atoms with E-state index in [0.717, 1.165) is 22.9 Å². The lowest BCUT2D eigenvalue weighted by atomic mass is 10.1. The van der Waals surface area contributed by atoms with E-state index < -0.39 is 0 Å². The molecule has 29 heavy (non-hydrogen) atoms. The van der Waals surface area contributed by atoms with Crippen molar-refractivity contribution in [2.24, 2.45) is 0 Å². The van der Waals surface area contributed by atoms with Crippen LogP contribution >= 0.6 is 11.8 Å². The molecule has 0 bridgehead atoms. The number of para-hydroxylation sites is 1. The molecule has 152 valence electrons. The Balaban J connectivity index is 1.45. The summed E-state index contributed by atoms with van der Waals surface area (Å²) in [7, 11) is 0. The van der Waals surface area contributed by atoms with E-state index in [1.807, 2.05) is 29.2 Å². The minimum absolute atomic E-state index is 0.0239. The first-order valence-electron chi connectivity index (χ1n) is 10.2. The topological polar surface area (TPSA) is 43.9 Å². The maximum atomic E-state index is 13.1. The van der Waals surface area contributed by atoms with Crippen LogP contribution in [-0.4, -0.2) is 54.7 Å². The lowest BCUT2D eigenvalue weighted by Gasteiger charge is -2.42. The number of benzene rings is 2. The van der Waals surface area contributed by atoms with Crippen molar-refractivity contribution in [3.05, 3.63) is 54.1 Å². The molecule has 4 rings (SSSR count). The molecule has 2 aromatic carbocycles. The van der Waals surface area contributed by atoms with E-state index in [2.05, 4.69) is 43.0 Å². The standard InChI is InChI=1S/C23H27N3O2S/c1-17-6-5-7-19(14-17)25-12-11-24(15-18(25)2)23(28)16-26-20-8-3-4-9-21(20)29-13-10-22(26)27/h3-9,14,18H,10-13,15-16H2,1-2H3/t18-/m1/s1. The molecule has 2 amide bonds. The maximum Gasteiger partial charge on any atom is 0.242 e. The second-order valence-electron chi connectivity index (χ2n) is 7.77. The van der Waals surface area contributed by atoms with Crippen molar-refractivity contribution in [2.45, 2.75) is 31.2 Å². The van der Waals surface area contributed by atoms with Crippen LogP contribution in [0.25, 0.3) is 0 Å². The number of nitrogens with zero attached hydrogens (tertiary/aromatic N) is 3. The minimum Gasteiger partial charge on any atom is -0.365 e. The summed E-state index contributed by atoms with van der Waals surface area (Å²) in [5.41, 5.74) is 3.31. The number of aryl methyl sites for hydroxylation is 1. The smallest absolute Gasteiger partial charge is 0.242 e. The Hall–Kier alpha value is -2.47. The summed E-state index contributed by atoms with van der Waals surface area (Å²) >= 11 is 1.69. The van der Waals surface area contributed by atoms with Crippen molar-refractivity contribution in [1.82, 2.24) is 4.90 Å². The van der Waals surface area contributed by atoms with E-state index in [1.54, 1.807) is 16.7 Å². The molecule has 0 aliphatic carbocycles. The van der Waals surface area contributed by atoms with Crippen LogP contribution in [0.3, 0.4) is 0 Å². The zero-order valence-corrected chi connectivity index (χ0v) is 17.8. The van der Waals surface area contributed by atoms with Gasteiger partial charge in [0.25, 0.3) is 0 Å². The SMILES string of the molecule is Cc1cccc(N2CCN(C(=O)CN3C(=O)CCSc4ccccc43)C[C@H]2C)c1. The van der Waals surface area contributed by atoms with Crippen LogP contribution in [0.1, 0.15) is 18.9 Å². The van der Waals surface area contributed by atoms with Crippen LogP contribution in [0.5, 0.6) is 0 Å². The zero-order chi connectivity index (χ0) is 20.4. The molecule has 2 heterocycles. The summed E-state index contributed by atoms with van der Waals surface area (Å²) in [5.74, 6) is 0.810. The third-order valence-electron chi connectivity index (χ3n) is 5.64. The molecular weight excluding hydrogens is 382 g/mol. The predicted octanol–water partition coefficient (Wildman–Crippen LogP) is 3.56. The second kappa shape index (κ2) is 8.49. The summed E-state index contributed by atoms with van der Waals surface area (Å²) < 4.78 is 0. The molecule has 5 nitrogen and oxygen atoms in total. The zero-order valence-electron chi connectivity index (χ0n) is 17.0. The molecule has 0 N–H and O–H groups in total. The number of hydrogen-bond donors (Lipinski definition) is 0. The lowest BCUT2D eigenvalue weighted by Crippen LogP contribution is -2.55. The molecule has 6 heteroatoms. The van der Waals surface area contributed by atoms with E-state index >= 15 is 0 Å². The number of carbonyl (C=O) groups is 2. The molecule has 1 fully saturated rings. The van der Waals surface area contributed by atoms with Crippen LogP contribution in [0.15, 0.2) is 53.4 Å². The quantitative estimate of drug-likeness (QED) is 0.778. The average Bonchev–Trinajstić information content (AvgIpc) is 2.87. The Bertz CT molecular complexity index is 917. The van der Waals surface area contributed by atoms with E-state index in [4.69, 9.17) is 0 Å². The molecule has 0 saturated carbocycles. The molecule has 0 spiro atoms. The van der Waals surface area contributed by atoms with Gasteiger partial charge in [-0.2, -0.15) is 0 Å². The number of rotatable bonds is 3. The van der Waals surface area contributed by atoms with Gasteiger partial charge in [-0.05, 0) is 43.7 Å². The van der Waals surface area contributed by atoms with Gasteiger partial charge in [0.1, 0.15) is 6.54 Å². The summed E-state index contributed by atoms with van der Waals surface area (Å²) in [5, 5.41) is 0. The van der Waals surface area contributed by atoms with Crippen molar-refractivity contribution in [3.8, 4) is 0 Å². The largest absolute Gasteiger partial charge is 0.365 e. The van der Waals surface area contributed by atoms with Gasteiger partial charge in [0.05, 0.1) is 5.69 Å². The Morgan fingerprint density at radius 2 is 1.97 bits per heavy atom. The monoisotopic (exact) mass is 409 g/mol. The van der Waals surface area contributed by atoms with Crippen molar-refractivity contribution in [1.29, 1.82) is 0 Å². The normalized spacial score (nSPS) is 19.7. The molecular formula is C23H27N3O2S. The minimum atomic E-state index is 0.0239. The number of hydrogen-bond acceptors (Lipinski definition) is 4. The van der Waals surface area contributed by atoms with Gasteiger partial charge in [0.2, 0.25) is 11.8 Å². The van der Waals surface area contributed by atoms with E-state index in [-0.39, 0.29) is 24.4 Å². The number of anilines is 2. The van der Waals surface area contributed by atoms with Crippen molar-refractivity contribution >= 4 is 35.0 Å². The highest BCUT2D eigenvalue weighted by molar-refractivity contribution is 7.99. The Labute approximate surface area is 176 Å². The first-order valence-corrected chi connectivity index (χ1v) is 11.1. The highest BCUT2D eigenvalue weighted by atomic mass is 32.2. The average molecular weight is 410 g/mol. The first-order chi connectivity index (χ1) is 14.0. The molecule has 2 aliphatic heterocycles. The molecule has 0 aromatic heterocycles. The maximum absolute atomic E-state index is 13.1. The van der Waals surface area contributed by atoms with Gasteiger partial charge in [0.15, 0.2) is 0 Å².